The van der Waals surface area contributed by atoms with Crippen LogP contribution in [0.25, 0.3) is 22.3 Å². The third kappa shape index (κ3) is 9.35. The number of thiazole rings is 1. The molecule has 1 aromatic carbocycles. The molecule has 2 saturated heterocycles. The van der Waals surface area contributed by atoms with Gasteiger partial charge in [0.15, 0.2) is 5.13 Å². The second kappa shape index (κ2) is 17.7. The summed E-state index contributed by atoms with van der Waals surface area (Å²) in [6.07, 6.45) is -0.176. The first kappa shape index (κ1) is 44.2. The Hall–Kier alpha value is -5.31. The summed E-state index contributed by atoms with van der Waals surface area (Å²) in [5.41, 5.74) is 1.08. The zero-order valence-corrected chi connectivity index (χ0v) is 36.3. The topological polar surface area (TPSA) is 220 Å². The maximum absolute atomic E-state index is 14.5. The average Bonchev–Trinajstić information content (AvgIpc) is 3.60. The number of fused-ring (bicyclic) bond motifs is 1. The summed E-state index contributed by atoms with van der Waals surface area (Å²) < 4.78 is 51.3. The van der Waals surface area contributed by atoms with E-state index >= 15 is 0 Å². The van der Waals surface area contributed by atoms with Gasteiger partial charge in [0.05, 0.1) is 38.1 Å². The molecule has 3 aliphatic rings. The van der Waals surface area contributed by atoms with Crippen LogP contribution in [0, 0.1) is 12.8 Å². The van der Waals surface area contributed by atoms with E-state index < -0.39 is 69.8 Å². The van der Waals surface area contributed by atoms with Gasteiger partial charge in [0.25, 0.3) is 5.91 Å². The molecule has 1 aliphatic carbocycles. The van der Waals surface area contributed by atoms with Crippen molar-refractivity contribution in [2.24, 2.45) is 5.92 Å². The molecule has 4 amide bonds. The Morgan fingerprint density at radius 1 is 1.13 bits per heavy atom. The van der Waals surface area contributed by atoms with Gasteiger partial charge in [-0.1, -0.05) is 12.7 Å². The minimum atomic E-state index is -4.22. The van der Waals surface area contributed by atoms with Crippen molar-refractivity contribution in [1.29, 1.82) is 0 Å². The van der Waals surface area contributed by atoms with Crippen LogP contribution in [0.1, 0.15) is 45.6 Å². The first-order valence-corrected chi connectivity index (χ1v) is 21.8. The minimum Gasteiger partial charge on any atom is -0.496 e. The van der Waals surface area contributed by atoms with Gasteiger partial charge in [0, 0.05) is 61.3 Å². The number of aryl methyl sites for hydroxylation is 1. The number of anilines is 1. The molecule has 6 atom stereocenters. The van der Waals surface area contributed by atoms with E-state index in [9.17, 15) is 27.6 Å². The Kier molecular flexibility index (Phi) is 13.1. The zero-order valence-electron chi connectivity index (χ0n) is 34.7. The molecule has 1 unspecified atom stereocenters. The number of amides is 4. The van der Waals surface area contributed by atoms with E-state index in [-0.39, 0.29) is 37.6 Å². The number of likely N-dealkylation sites (tertiary alicyclic amines) is 1. The van der Waals surface area contributed by atoms with Crippen molar-refractivity contribution in [1.82, 2.24) is 34.5 Å². The van der Waals surface area contributed by atoms with Crippen molar-refractivity contribution in [3.05, 3.63) is 53.9 Å². The van der Waals surface area contributed by atoms with Crippen LogP contribution in [-0.4, -0.2) is 128 Å². The van der Waals surface area contributed by atoms with Crippen molar-refractivity contribution < 1.29 is 46.5 Å². The van der Waals surface area contributed by atoms with Crippen LogP contribution in [0.3, 0.4) is 0 Å². The summed E-state index contributed by atoms with van der Waals surface area (Å²) in [6, 6.07) is 2.97. The number of hydrogen-bond donors (Lipinski definition) is 4. The quantitative estimate of drug-likeness (QED) is 0.152. The number of ether oxygens (including phenoxy) is 4. The molecule has 2 aliphatic heterocycles. The molecule has 3 fully saturated rings. The van der Waals surface area contributed by atoms with Gasteiger partial charge < -0.3 is 39.8 Å². The number of nitrogens with one attached hydrogen (secondary N) is 4. The molecule has 6 rings (SSSR count). The molecule has 4 heterocycles. The second-order valence-corrected chi connectivity index (χ2v) is 18.4. The monoisotopic (exact) mass is 868 g/mol. The van der Waals surface area contributed by atoms with E-state index in [0.29, 0.717) is 51.9 Å². The maximum atomic E-state index is 14.5. The largest absolute Gasteiger partial charge is 0.496 e. The van der Waals surface area contributed by atoms with Crippen molar-refractivity contribution in [2.45, 2.75) is 82.8 Å². The Bertz CT molecular complexity index is 2290. The molecule has 1 saturated carbocycles. The van der Waals surface area contributed by atoms with Crippen LogP contribution < -0.4 is 30.1 Å². The van der Waals surface area contributed by atoms with Crippen LogP contribution >= 0.6 is 11.3 Å². The van der Waals surface area contributed by atoms with E-state index in [1.165, 1.54) is 36.4 Å². The second-order valence-electron chi connectivity index (χ2n) is 15.7. The number of methoxy groups -OCH3 is 1. The Balaban J connectivity index is 1.35. The lowest BCUT2D eigenvalue weighted by atomic mass is 10.1. The molecule has 3 aromatic rings. The predicted octanol–water partition coefficient (Wildman–Crippen LogP) is 3.29. The van der Waals surface area contributed by atoms with Gasteiger partial charge in [0.2, 0.25) is 11.8 Å². The van der Waals surface area contributed by atoms with E-state index in [4.69, 9.17) is 28.9 Å². The fourth-order valence-electron chi connectivity index (χ4n) is 7.20. The first-order chi connectivity index (χ1) is 28.4. The third-order valence-corrected chi connectivity index (χ3v) is 12.8. The molecule has 2 aromatic heterocycles. The molecular formula is C40H52N8O10S2. The molecule has 0 radical (unpaired) electrons. The lowest BCUT2D eigenvalue weighted by Crippen LogP contribution is -2.59. The Morgan fingerprint density at radius 2 is 1.88 bits per heavy atom. The van der Waals surface area contributed by atoms with Gasteiger partial charge in [-0.15, -0.1) is 17.9 Å². The number of alkyl carbamates (subject to hydrolysis) is 1. The maximum Gasteiger partial charge on any atom is 0.408 e. The Morgan fingerprint density at radius 3 is 2.50 bits per heavy atom. The smallest absolute Gasteiger partial charge is 0.408 e. The molecule has 20 heteroatoms. The van der Waals surface area contributed by atoms with Crippen molar-refractivity contribution in [2.75, 3.05) is 46.3 Å². The number of rotatable bonds is 16. The average molecular weight is 869 g/mol. The highest BCUT2D eigenvalue weighted by Crippen LogP contribution is 2.45. The fourth-order valence-corrected chi connectivity index (χ4v) is 8.65. The standard InChI is InChI=1S/C40H52N8O10S2/c1-10-24-17-40(24,37(51)46-60(53,54)47(7)8)45-35(49)30-15-26(18-48(30)36(50)33(21(2)3)44-39(52)58-25-13-14-56-19-25)57-32-16-28(29-20-59-38(43-29)41-22(4)5)42-34-23(6)31(55-9)12-11-27(32)34/h10-12,16,20,22,24-26,30,33H,1-2,13-15,17-19H2,3-9H3,(H,41,43)(H,44,52)(H,45,49)(H,46,51)/t24?,25-,26+,30-,33-,40+/m0/s1. The summed E-state index contributed by atoms with van der Waals surface area (Å²) >= 11 is 1.43. The van der Waals surface area contributed by atoms with Gasteiger partial charge in [-0.2, -0.15) is 12.7 Å². The number of nitrogens with zero attached hydrogens (tertiary/aromatic N) is 4. The van der Waals surface area contributed by atoms with E-state index in [1.54, 1.807) is 26.2 Å². The summed E-state index contributed by atoms with van der Waals surface area (Å²) in [4.78, 5) is 66.5. The van der Waals surface area contributed by atoms with Crippen molar-refractivity contribution in [3.63, 3.8) is 0 Å². The van der Waals surface area contributed by atoms with Crippen LogP contribution in [0.15, 0.2) is 48.4 Å². The summed E-state index contributed by atoms with van der Waals surface area (Å²) in [6.45, 7) is 15.7. The number of benzene rings is 1. The highest BCUT2D eigenvalue weighted by molar-refractivity contribution is 7.87. The molecule has 60 heavy (non-hydrogen) atoms. The minimum absolute atomic E-state index is 0.0514. The van der Waals surface area contributed by atoms with E-state index in [0.717, 1.165) is 9.87 Å². The molecular weight excluding hydrogens is 817 g/mol. The summed E-state index contributed by atoms with van der Waals surface area (Å²) in [5, 5.41) is 11.9. The highest BCUT2D eigenvalue weighted by Gasteiger charge is 2.61. The number of carbonyl (C=O) groups excluding carboxylic acids is 4. The van der Waals surface area contributed by atoms with E-state index in [2.05, 4.69) is 29.1 Å². The Labute approximate surface area is 353 Å². The molecule has 4 N–H and O–H groups in total. The summed E-state index contributed by atoms with van der Waals surface area (Å²) in [7, 11) is -0.129. The lowest BCUT2D eigenvalue weighted by Gasteiger charge is -2.30. The molecule has 0 spiro atoms. The molecule has 18 nitrogen and oxygen atoms in total. The van der Waals surface area contributed by atoms with Gasteiger partial charge in [0.1, 0.15) is 47.0 Å². The van der Waals surface area contributed by atoms with Gasteiger partial charge in [-0.25, -0.2) is 19.5 Å². The van der Waals surface area contributed by atoms with Crippen LogP contribution in [0.5, 0.6) is 11.5 Å². The van der Waals surface area contributed by atoms with Crippen LogP contribution in [0.4, 0.5) is 9.93 Å². The normalized spacial score (nSPS) is 22.9. The summed E-state index contributed by atoms with van der Waals surface area (Å²) in [5.74, 6) is -1.95. The number of aromatic nitrogens is 2. The van der Waals surface area contributed by atoms with Crippen LogP contribution in [-0.2, 0) is 34.1 Å². The fraction of sp³-hybridized carbons (Fsp3) is 0.500. The van der Waals surface area contributed by atoms with Gasteiger partial charge in [-0.05, 0) is 51.8 Å². The van der Waals surface area contributed by atoms with Crippen molar-refractivity contribution >= 4 is 61.4 Å². The number of carbonyl (C=O) groups is 4. The highest BCUT2D eigenvalue weighted by atomic mass is 32.2. The number of pyridine rings is 1. The van der Waals surface area contributed by atoms with Crippen LogP contribution in [0.2, 0.25) is 0 Å². The van der Waals surface area contributed by atoms with E-state index in [1.807, 2.05) is 36.9 Å². The lowest BCUT2D eigenvalue weighted by molar-refractivity contribution is -0.140. The first-order valence-electron chi connectivity index (χ1n) is 19.4. The zero-order chi connectivity index (χ0) is 43.7. The van der Waals surface area contributed by atoms with Gasteiger partial charge in [-0.3, -0.25) is 14.4 Å². The SMILES string of the molecule is C=CC1C[C@]1(NC(=O)[C@@H]1C[C@@H](Oc2cc(-c3csc(NC(C)C)n3)nc3c(C)c(OC)ccc23)CN1C(=O)[C@@H](NC(=O)O[C@H]1CCOC1)C(=C)C)C(=O)NS(=O)(=O)N(C)C. The van der Waals surface area contributed by atoms with Crippen molar-refractivity contribution in [3.8, 4) is 22.9 Å². The van der Waals surface area contributed by atoms with Gasteiger partial charge >= 0.3 is 16.3 Å². The molecule has 324 valence electrons. The molecule has 0 bridgehead atoms. The predicted molar refractivity (Wildman–Crippen MR) is 225 cm³/mol. The third-order valence-electron chi connectivity index (χ3n) is 10.6. The number of hydrogen-bond acceptors (Lipinski definition) is 14.